The molecule has 2 aromatic rings. The molecule has 1 aromatic carbocycles. The van der Waals surface area contributed by atoms with E-state index in [4.69, 9.17) is 4.42 Å². The summed E-state index contributed by atoms with van der Waals surface area (Å²) in [6.45, 7) is 0. The van der Waals surface area contributed by atoms with E-state index in [9.17, 15) is 13.2 Å². The Hall–Kier alpha value is -0.970. The van der Waals surface area contributed by atoms with Gasteiger partial charge in [-0.2, -0.15) is 0 Å². The molecule has 0 saturated carbocycles. The van der Waals surface area contributed by atoms with Crippen LogP contribution in [0.3, 0.4) is 0 Å². The highest BCUT2D eigenvalue weighted by molar-refractivity contribution is 9.10. The normalized spacial score (nSPS) is 13.7. The van der Waals surface area contributed by atoms with E-state index >= 15 is 0 Å². The molecule has 0 saturated heterocycles. The molecule has 1 heterocycles. The molecule has 0 radical (unpaired) electrons. The molecule has 1 unspecified atom stereocenters. The van der Waals surface area contributed by atoms with Gasteiger partial charge in [0.1, 0.15) is 5.58 Å². The number of hydrogen-bond donors (Lipinski definition) is 0. The van der Waals surface area contributed by atoms with Gasteiger partial charge in [-0.25, -0.2) is 13.2 Å². The smallest absolute Gasteiger partial charge is 0.273 e. The lowest BCUT2D eigenvalue weighted by atomic mass is 10.1. The van der Waals surface area contributed by atoms with Crippen molar-refractivity contribution >= 4 is 26.9 Å². The Bertz CT molecular complexity index is 480. The summed E-state index contributed by atoms with van der Waals surface area (Å²) >= 11 is 3.19. The molecule has 15 heavy (non-hydrogen) atoms. The lowest BCUT2D eigenvalue weighted by molar-refractivity contribution is 0.0499. The topological polar surface area (TPSA) is 13.1 Å². The van der Waals surface area contributed by atoms with Crippen molar-refractivity contribution in [2.45, 2.75) is 12.6 Å². The molecule has 0 aliphatic heterocycles. The van der Waals surface area contributed by atoms with Gasteiger partial charge in [0, 0.05) is 10.9 Å². The van der Waals surface area contributed by atoms with Crippen LogP contribution in [0.25, 0.3) is 11.0 Å². The average Bonchev–Trinajstić information content (AvgIpc) is 2.61. The van der Waals surface area contributed by atoms with Crippen LogP contribution in [0.5, 0.6) is 0 Å². The number of furan rings is 1. The first-order chi connectivity index (χ1) is 7.11. The minimum Gasteiger partial charge on any atom is -0.463 e. The van der Waals surface area contributed by atoms with Crippen molar-refractivity contribution < 1.29 is 17.6 Å². The monoisotopic (exact) mass is 278 g/mol. The molecule has 0 N–H and O–H groups in total. The van der Waals surface area contributed by atoms with Gasteiger partial charge in [0.2, 0.25) is 0 Å². The van der Waals surface area contributed by atoms with E-state index in [1.54, 1.807) is 18.2 Å². The van der Waals surface area contributed by atoms with Crippen LogP contribution in [-0.4, -0.2) is 6.43 Å². The molecule has 0 aliphatic carbocycles. The Balaban J connectivity index is 2.59. The standard InChI is InChI=1S/C10H6BrF3O/c11-7-3-1-2-5-6(4-15-9(5)7)8(12)10(13)14/h1-4,8,10H. The summed E-state index contributed by atoms with van der Waals surface area (Å²) in [6.07, 6.45) is -4.31. The highest BCUT2D eigenvalue weighted by atomic mass is 79.9. The third-order valence-electron chi connectivity index (χ3n) is 2.10. The fraction of sp³-hybridized carbons (Fsp3) is 0.200. The van der Waals surface area contributed by atoms with Gasteiger partial charge in [-0.3, -0.25) is 0 Å². The summed E-state index contributed by atoms with van der Waals surface area (Å²) < 4.78 is 43.2. The first kappa shape index (κ1) is 10.5. The average molecular weight is 279 g/mol. The van der Waals surface area contributed by atoms with Crippen molar-refractivity contribution in [2.75, 3.05) is 0 Å². The van der Waals surface area contributed by atoms with E-state index in [0.29, 0.717) is 15.4 Å². The third kappa shape index (κ3) is 1.76. The van der Waals surface area contributed by atoms with Crippen molar-refractivity contribution in [1.29, 1.82) is 0 Å². The van der Waals surface area contributed by atoms with Gasteiger partial charge < -0.3 is 4.42 Å². The van der Waals surface area contributed by atoms with Crippen LogP contribution >= 0.6 is 15.9 Å². The van der Waals surface area contributed by atoms with Gasteiger partial charge in [-0.1, -0.05) is 12.1 Å². The molecule has 0 spiro atoms. The number of hydrogen-bond acceptors (Lipinski definition) is 1. The zero-order chi connectivity index (χ0) is 11.0. The Morgan fingerprint density at radius 2 is 1.93 bits per heavy atom. The zero-order valence-electron chi connectivity index (χ0n) is 7.38. The third-order valence-corrected chi connectivity index (χ3v) is 2.72. The number of alkyl halides is 3. The quantitative estimate of drug-likeness (QED) is 0.790. The molecule has 80 valence electrons. The first-order valence-corrected chi connectivity index (χ1v) is 4.98. The fourth-order valence-electron chi connectivity index (χ4n) is 1.39. The fourth-order valence-corrected chi connectivity index (χ4v) is 1.85. The predicted octanol–water partition coefficient (Wildman–Crippen LogP) is 4.47. The van der Waals surface area contributed by atoms with Gasteiger partial charge in [-0.05, 0) is 22.0 Å². The lowest BCUT2D eigenvalue weighted by Gasteiger charge is -2.03. The number of para-hydroxylation sites is 1. The largest absolute Gasteiger partial charge is 0.463 e. The van der Waals surface area contributed by atoms with E-state index < -0.39 is 12.6 Å². The lowest BCUT2D eigenvalue weighted by Crippen LogP contribution is -2.01. The number of rotatable bonds is 2. The Morgan fingerprint density at radius 3 is 2.60 bits per heavy atom. The van der Waals surface area contributed by atoms with Crippen molar-refractivity contribution in [3.05, 3.63) is 34.5 Å². The summed E-state index contributed by atoms with van der Waals surface area (Å²) in [4.78, 5) is 0. The molecule has 5 heteroatoms. The minimum atomic E-state index is -3.04. The van der Waals surface area contributed by atoms with Gasteiger partial charge in [0.05, 0.1) is 10.7 Å². The predicted molar refractivity (Wildman–Crippen MR) is 53.8 cm³/mol. The molecule has 1 atom stereocenters. The van der Waals surface area contributed by atoms with Crippen LogP contribution in [-0.2, 0) is 0 Å². The molecule has 0 fully saturated rings. The van der Waals surface area contributed by atoms with E-state index in [1.807, 2.05) is 0 Å². The minimum absolute atomic E-state index is 0.110. The molecule has 2 rings (SSSR count). The molecular weight excluding hydrogens is 273 g/mol. The summed E-state index contributed by atoms with van der Waals surface area (Å²) in [5.74, 6) is 0. The van der Waals surface area contributed by atoms with Crippen LogP contribution in [0.15, 0.2) is 33.4 Å². The van der Waals surface area contributed by atoms with E-state index in [-0.39, 0.29) is 5.56 Å². The Morgan fingerprint density at radius 1 is 1.20 bits per heavy atom. The van der Waals surface area contributed by atoms with Gasteiger partial charge in [0.15, 0.2) is 6.17 Å². The second-order valence-electron chi connectivity index (χ2n) is 3.04. The van der Waals surface area contributed by atoms with Crippen LogP contribution < -0.4 is 0 Å². The molecule has 0 amide bonds. The van der Waals surface area contributed by atoms with Crippen LogP contribution in [0.1, 0.15) is 11.7 Å². The van der Waals surface area contributed by atoms with E-state index in [2.05, 4.69) is 15.9 Å². The Labute approximate surface area is 92.0 Å². The number of benzene rings is 1. The van der Waals surface area contributed by atoms with Crippen LogP contribution in [0.4, 0.5) is 13.2 Å². The van der Waals surface area contributed by atoms with E-state index in [0.717, 1.165) is 6.26 Å². The van der Waals surface area contributed by atoms with Gasteiger partial charge in [-0.15, -0.1) is 0 Å². The summed E-state index contributed by atoms with van der Waals surface area (Å²) in [7, 11) is 0. The highest BCUT2D eigenvalue weighted by Crippen LogP contribution is 2.35. The molecule has 1 aromatic heterocycles. The van der Waals surface area contributed by atoms with Gasteiger partial charge in [0.25, 0.3) is 6.43 Å². The molecule has 0 aliphatic rings. The van der Waals surface area contributed by atoms with E-state index in [1.165, 1.54) is 0 Å². The summed E-state index contributed by atoms with van der Waals surface area (Å²) in [5, 5.41) is 0.372. The molecular formula is C10H6BrF3O. The maximum absolute atomic E-state index is 13.1. The van der Waals surface area contributed by atoms with Gasteiger partial charge >= 0.3 is 0 Å². The van der Waals surface area contributed by atoms with Crippen molar-refractivity contribution in [2.24, 2.45) is 0 Å². The Kier molecular flexibility index (Phi) is 2.73. The SMILES string of the molecule is FC(F)C(F)c1coc2c(Br)cccc12. The number of halogens is 4. The van der Waals surface area contributed by atoms with Crippen molar-refractivity contribution in [1.82, 2.24) is 0 Å². The van der Waals surface area contributed by atoms with Crippen molar-refractivity contribution in [3.8, 4) is 0 Å². The first-order valence-electron chi connectivity index (χ1n) is 4.19. The van der Waals surface area contributed by atoms with Crippen LogP contribution in [0, 0.1) is 0 Å². The second-order valence-corrected chi connectivity index (χ2v) is 3.90. The van der Waals surface area contributed by atoms with Crippen molar-refractivity contribution in [3.63, 3.8) is 0 Å². The zero-order valence-corrected chi connectivity index (χ0v) is 8.97. The summed E-state index contributed by atoms with van der Waals surface area (Å²) in [5.41, 5.74) is 0.275. The second kappa shape index (κ2) is 3.89. The van der Waals surface area contributed by atoms with Crippen LogP contribution in [0.2, 0.25) is 0 Å². The molecule has 0 bridgehead atoms. The maximum Gasteiger partial charge on any atom is 0.273 e. The summed E-state index contributed by atoms with van der Waals surface area (Å²) in [6, 6.07) is 4.89. The highest BCUT2D eigenvalue weighted by Gasteiger charge is 2.25. The maximum atomic E-state index is 13.1. The molecule has 1 nitrogen and oxygen atoms in total. The number of fused-ring (bicyclic) bond motifs is 1.